The minimum Gasteiger partial charge on any atom is -0.310 e. The van der Waals surface area contributed by atoms with Gasteiger partial charge in [0.1, 0.15) is 0 Å². The minimum absolute atomic E-state index is 0.538. The molecular formula is C16H23N3. The minimum atomic E-state index is 0.538. The average molecular weight is 257 g/mol. The number of fused-ring (bicyclic) bond motifs is 1. The molecule has 1 atom stereocenters. The van der Waals surface area contributed by atoms with E-state index < -0.39 is 0 Å². The van der Waals surface area contributed by atoms with Crippen LogP contribution in [0.15, 0.2) is 36.7 Å². The smallest absolute Gasteiger partial charge is 0.0346 e. The van der Waals surface area contributed by atoms with Gasteiger partial charge in [-0.1, -0.05) is 12.1 Å². The largest absolute Gasteiger partial charge is 0.310 e. The maximum absolute atomic E-state index is 4.14. The van der Waals surface area contributed by atoms with Crippen LogP contribution in [-0.4, -0.2) is 36.6 Å². The van der Waals surface area contributed by atoms with Crippen LogP contribution < -0.4 is 5.32 Å². The van der Waals surface area contributed by atoms with Crippen LogP contribution in [0.4, 0.5) is 0 Å². The van der Waals surface area contributed by atoms with Crippen LogP contribution >= 0.6 is 0 Å². The quantitative estimate of drug-likeness (QED) is 0.862. The van der Waals surface area contributed by atoms with Crippen molar-refractivity contribution in [2.45, 2.75) is 25.9 Å². The Morgan fingerprint density at radius 3 is 2.84 bits per heavy atom. The molecule has 1 heterocycles. The van der Waals surface area contributed by atoms with Crippen LogP contribution in [0.5, 0.6) is 0 Å². The Labute approximate surface area is 115 Å². The molecule has 0 aliphatic carbocycles. The molecule has 3 nitrogen and oxygen atoms in total. The first kappa shape index (κ1) is 14.0. The zero-order valence-corrected chi connectivity index (χ0v) is 12.1. The Kier molecular flexibility index (Phi) is 4.88. The van der Waals surface area contributed by atoms with Gasteiger partial charge in [-0.15, -0.1) is 0 Å². The van der Waals surface area contributed by atoms with Gasteiger partial charge in [-0.25, -0.2) is 0 Å². The third-order valence-corrected chi connectivity index (χ3v) is 3.37. The van der Waals surface area contributed by atoms with E-state index in [0.717, 1.165) is 13.1 Å². The highest BCUT2D eigenvalue weighted by Gasteiger charge is 2.03. The lowest BCUT2D eigenvalue weighted by Crippen LogP contribution is -2.29. The molecular weight excluding hydrogens is 234 g/mol. The summed E-state index contributed by atoms with van der Waals surface area (Å²) >= 11 is 0. The van der Waals surface area contributed by atoms with Crippen molar-refractivity contribution in [3.8, 4) is 0 Å². The first-order valence-electron chi connectivity index (χ1n) is 6.86. The van der Waals surface area contributed by atoms with E-state index in [9.17, 15) is 0 Å². The Hall–Kier alpha value is -1.45. The Bertz CT molecular complexity index is 522. The van der Waals surface area contributed by atoms with Gasteiger partial charge in [-0.2, -0.15) is 0 Å². The maximum atomic E-state index is 4.14. The van der Waals surface area contributed by atoms with Gasteiger partial charge < -0.3 is 10.2 Å². The van der Waals surface area contributed by atoms with Gasteiger partial charge in [-0.05, 0) is 57.1 Å². The molecule has 1 aromatic carbocycles. The van der Waals surface area contributed by atoms with Crippen molar-refractivity contribution in [1.29, 1.82) is 0 Å². The summed E-state index contributed by atoms with van der Waals surface area (Å²) in [5.41, 5.74) is 1.33. The van der Waals surface area contributed by atoms with Crippen LogP contribution in [-0.2, 0) is 6.54 Å². The molecule has 0 saturated heterocycles. The van der Waals surface area contributed by atoms with E-state index in [1.165, 1.54) is 22.8 Å². The van der Waals surface area contributed by atoms with E-state index in [1.54, 1.807) is 0 Å². The Morgan fingerprint density at radius 2 is 2.05 bits per heavy atom. The SMILES string of the molecule is CC(CCN(C)C)NCc1ccc2cnccc2c1. The molecule has 0 amide bonds. The molecule has 1 N–H and O–H groups in total. The first-order valence-corrected chi connectivity index (χ1v) is 6.86. The number of hydrogen-bond donors (Lipinski definition) is 1. The van der Waals surface area contributed by atoms with Crippen molar-refractivity contribution in [2.75, 3.05) is 20.6 Å². The van der Waals surface area contributed by atoms with Crippen LogP contribution in [0.1, 0.15) is 18.9 Å². The Morgan fingerprint density at radius 1 is 1.21 bits per heavy atom. The molecule has 2 aromatic rings. The van der Waals surface area contributed by atoms with E-state index in [2.05, 4.69) is 60.5 Å². The molecule has 0 aliphatic rings. The van der Waals surface area contributed by atoms with E-state index in [4.69, 9.17) is 0 Å². The molecule has 0 spiro atoms. The lowest BCUT2D eigenvalue weighted by Gasteiger charge is -2.16. The van der Waals surface area contributed by atoms with E-state index >= 15 is 0 Å². The summed E-state index contributed by atoms with van der Waals surface area (Å²) in [5.74, 6) is 0. The van der Waals surface area contributed by atoms with Crippen molar-refractivity contribution >= 4 is 10.8 Å². The molecule has 2 rings (SSSR count). The van der Waals surface area contributed by atoms with Crippen molar-refractivity contribution in [2.24, 2.45) is 0 Å². The van der Waals surface area contributed by atoms with E-state index in [-0.39, 0.29) is 0 Å². The van der Waals surface area contributed by atoms with Gasteiger partial charge in [0.05, 0.1) is 0 Å². The zero-order valence-electron chi connectivity index (χ0n) is 12.1. The number of pyridine rings is 1. The molecule has 1 aromatic heterocycles. The number of rotatable bonds is 6. The summed E-state index contributed by atoms with van der Waals surface area (Å²) in [7, 11) is 4.23. The highest BCUT2D eigenvalue weighted by atomic mass is 15.1. The molecule has 0 bridgehead atoms. The fourth-order valence-corrected chi connectivity index (χ4v) is 2.09. The standard InChI is InChI=1S/C16H23N3/c1-13(7-9-19(2)3)18-11-14-4-5-16-12-17-8-6-15(16)10-14/h4-6,8,10,12-13,18H,7,9,11H2,1-3H3. The summed E-state index contributed by atoms with van der Waals surface area (Å²) in [5, 5.41) is 6.04. The highest BCUT2D eigenvalue weighted by Crippen LogP contribution is 2.14. The summed E-state index contributed by atoms with van der Waals surface area (Å²) in [4.78, 5) is 6.36. The fraction of sp³-hybridized carbons (Fsp3) is 0.438. The second kappa shape index (κ2) is 6.64. The van der Waals surface area contributed by atoms with Crippen LogP contribution in [0.2, 0.25) is 0 Å². The lowest BCUT2D eigenvalue weighted by atomic mass is 10.1. The topological polar surface area (TPSA) is 28.2 Å². The summed E-state index contributed by atoms with van der Waals surface area (Å²) < 4.78 is 0. The maximum Gasteiger partial charge on any atom is 0.0346 e. The number of hydrogen-bond acceptors (Lipinski definition) is 3. The van der Waals surface area contributed by atoms with Gasteiger partial charge in [0, 0.05) is 30.4 Å². The van der Waals surface area contributed by atoms with Gasteiger partial charge in [0.15, 0.2) is 0 Å². The number of benzene rings is 1. The average Bonchev–Trinajstić information content (AvgIpc) is 2.42. The van der Waals surface area contributed by atoms with Crippen molar-refractivity contribution in [3.63, 3.8) is 0 Å². The highest BCUT2D eigenvalue weighted by molar-refractivity contribution is 5.81. The summed E-state index contributed by atoms with van der Waals surface area (Å²) in [6.45, 7) is 4.29. The molecule has 19 heavy (non-hydrogen) atoms. The van der Waals surface area contributed by atoms with E-state index in [1.807, 2.05) is 12.4 Å². The molecule has 0 fully saturated rings. The van der Waals surface area contributed by atoms with Crippen LogP contribution in [0, 0.1) is 0 Å². The third kappa shape index (κ3) is 4.30. The summed E-state index contributed by atoms with van der Waals surface area (Å²) in [6.07, 6.45) is 4.93. The number of nitrogens with zero attached hydrogens (tertiary/aromatic N) is 2. The number of nitrogens with one attached hydrogen (secondary N) is 1. The van der Waals surface area contributed by atoms with Crippen LogP contribution in [0.25, 0.3) is 10.8 Å². The lowest BCUT2D eigenvalue weighted by molar-refractivity contribution is 0.365. The fourth-order valence-electron chi connectivity index (χ4n) is 2.09. The predicted molar refractivity (Wildman–Crippen MR) is 81.2 cm³/mol. The van der Waals surface area contributed by atoms with Crippen molar-refractivity contribution < 1.29 is 0 Å². The molecule has 102 valence electrons. The first-order chi connectivity index (χ1) is 9.15. The zero-order chi connectivity index (χ0) is 13.7. The van der Waals surface area contributed by atoms with Gasteiger partial charge in [0.2, 0.25) is 0 Å². The van der Waals surface area contributed by atoms with Crippen molar-refractivity contribution in [3.05, 3.63) is 42.2 Å². The van der Waals surface area contributed by atoms with Gasteiger partial charge in [0.25, 0.3) is 0 Å². The third-order valence-electron chi connectivity index (χ3n) is 3.37. The number of aromatic nitrogens is 1. The Balaban J connectivity index is 1.90. The molecule has 0 aliphatic heterocycles. The normalized spacial score (nSPS) is 13.1. The second-order valence-electron chi connectivity index (χ2n) is 5.43. The predicted octanol–water partition coefficient (Wildman–Crippen LogP) is 2.66. The van der Waals surface area contributed by atoms with Crippen molar-refractivity contribution in [1.82, 2.24) is 15.2 Å². The molecule has 1 unspecified atom stereocenters. The molecule has 3 heteroatoms. The van der Waals surface area contributed by atoms with Gasteiger partial charge in [-0.3, -0.25) is 4.98 Å². The van der Waals surface area contributed by atoms with Gasteiger partial charge >= 0.3 is 0 Å². The molecule has 0 saturated carbocycles. The molecule has 0 radical (unpaired) electrons. The van der Waals surface area contributed by atoms with Crippen LogP contribution in [0.3, 0.4) is 0 Å². The van der Waals surface area contributed by atoms with E-state index in [0.29, 0.717) is 6.04 Å². The monoisotopic (exact) mass is 257 g/mol. The second-order valence-corrected chi connectivity index (χ2v) is 5.43. The summed E-state index contributed by atoms with van der Waals surface area (Å²) in [6, 6.07) is 9.16.